The average Bonchev–Trinajstić information content (AvgIpc) is 2.81. The monoisotopic (exact) mass is 324 g/mol. The highest BCUT2D eigenvalue weighted by molar-refractivity contribution is 7.35. The van der Waals surface area contributed by atoms with Crippen LogP contribution in [0.4, 0.5) is 0 Å². The Labute approximate surface area is 138 Å². The maximum Gasteiger partial charge on any atom is 0.228 e. The van der Waals surface area contributed by atoms with E-state index in [-0.39, 0.29) is 0 Å². The molecule has 0 nitrogen and oxygen atoms in total. The van der Waals surface area contributed by atoms with Gasteiger partial charge in [0.15, 0.2) is 0 Å². The minimum absolute atomic E-state index is 0.332. The van der Waals surface area contributed by atoms with Gasteiger partial charge < -0.3 is 0 Å². The van der Waals surface area contributed by atoms with Crippen molar-refractivity contribution in [2.45, 2.75) is 26.3 Å². The van der Waals surface area contributed by atoms with Gasteiger partial charge in [0.2, 0.25) is 7.38 Å². The molecule has 0 spiro atoms. The molecule has 0 fully saturated rings. The first-order valence-corrected chi connectivity index (χ1v) is 10.8. The van der Waals surface area contributed by atoms with E-state index in [4.69, 9.17) is 11.1 Å². The minimum Gasteiger partial charge on any atom is -0.154 e. The zero-order valence-corrected chi connectivity index (χ0v) is 15.1. The van der Waals surface area contributed by atoms with Crippen LogP contribution in [0.15, 0.2) is 83.5 Å². The quantitative estimate of drug-likeness (QED) is 0.569. The van der Waals surface area contributed by atoms with Crippen molar-refractivity contribution in [3.8, 4) is 0 Å². The number of halogens is 1. The zero-order chi connectivity index (χ0) is 15.7. The summed E-state index contributed by atoms with van der Waals surface area (Å²) in [6, 6.07) is 21.3. The van der Waals surface area contributed by atoms with E-state index in [1.165, 1.54) is 27.1 Å². The fourth-order valence-electron chi connectivity index (χ4n) is 3.58. The SMILES string of the molecule is CC1=CC(C)=C(C)C1[Si](Cl)(c1ccccc1)c1ccccc1. The molecule has 0 radical (unpaired) electrons. The molecule has 0 aromatic heterocycles. The van der Waals surface area contributed by atoms with Gasteiger partial charge in [0.25, 0.3) is 0 Å². The Balaban J connectivity index is 2.24. The fraction of sp³-hybridized carbons (Fsp3) is 0.200. The highest BCUT2D eigenvalue weighted by atomic mass is 35.6. The summed E-state index contributed by atoms with van der Waals surface area (Å²) in [5, 5.41) is 2.57. The molecule has 1 unspecified atom stereocenters. The van der Waals surface area contributed by atoms with Crippen LogP contribution in [0.25, 0.3) is 0 Å². The van der Waals surface area contributed by atoms with Crippen LogP contribution in [0.2, 0.25) is 5.54 Å². The molecule has 0 N–H and O–H groups in total. The molecule has 1 aliphatic rings. The maximum absolute atomic E-state index is 7.52. The van der Waals surface area contributed by atoms with Crippen molar-refractivity contribution in [2.24, 2.45) is 0 Å². The summed E-state index contributed by atoms with van der Waals surface area (Å²) < 4.78 is 0. The Morgan fingerprint density at radius 3 is 1.59 bits per heavy atom. The Bertz CT molecular complexity index is 689. The molecule has 2 aromatic carbocycles. The number of benzene rings is 2. The standard InChI is InChI=1S/C20H21ClSi/c1-15-14-16(2)20(17(15)3)22(21,18-10-6-4-7-11-18)19-12-8-5-9-13-19/h4-14,20H,1-3H3. The van der Waals surface area contributed by atoms with Crippen molar-refractivity contribution in [2.75, 3.05) is 0 Å². The lowest BCUT2D eigenvalue weighted by Gasteiger charge is -2.34. The normalized spacial score (nSPS) is 18.5. The van der Waals surface area contributed by atoms with E-state index in [2.05, 4.69) is 87.5 Å². The first-order chi connectivity index (χ1) is 10.5. The van der Waals surface area contributed by atoms with Crippen molar-refractivity contribution >= 4 is 28.8 Å². The lowest BCUT2D eigenvalue weighted by Crippen LogP contribution is -2.57. The fourth-order valence-corrected chi connectivity index (χ4v) is 9.23. The summed E-state index contributed by atoms with van der Waals surface area (Å²) in [6.07, 6.45) is 2.30. The van der Waals surface area contributed by atoms with E-state index < -0.39 is 7.38 Å². The van der Waals surface area contributed by atoms with Gasteiger partial charge in [-0.1, -0.05) is 83.5 Å². The van der Waals surface area contributed by atoms with Crippen molar-refractivity contribution in [1.82, 2.24) is 0 Å². The third-order valence-electron chi connectivity index (χ3n) is 4.74. The Kier molecular flexibility index (Phi) is 4.11. The minimum atomic E-state index is -2.39. The molecule has 0 heterocycles. The molecule has 22 heavy (non-hydrogen) atoms. The van der Waals surface area contributed by atoms with Crippen LogP contribution in [0, 0.1) is 0 Å². The molecular formula is C20H21ClSi. The summed E-state index contributed by atoms with van der Waals surface area (Å²) in [4.78, 5) is 0. The highest BCUT2D eigenvalue weighted by Crippen LogP contribution is 2.44. The molecule has 1 aliphatic carbocycles. The van der Waals surface area contributed by atoms with Crippen molar-refractivity contribution in [3.05, 3.63) is 83.5 Å². The second-order valence-corrected chi connectivity index (χ2v) is 11.1. The Morgan fingerprint density at radius 2 is 1.23 bits per heavy atom. The second-order valence-electron chi connectivity index (χ2n) is 6.13. The molecule has 0 saturated carbocycles. The predicted octanol–water partition coefficient (Wildman–Crippen LogP) is 4.65. The van der Waals surface area contributed by atoms with Crippen LogP contribution in [-0.2, 0) is 0 Å². The van der Waals surface area contributed by atoms with E-state index in [1.54, 1.807) is 0 Å². The summed E-state index contributed by atoms with van der Waals surface area (Å²) in [7, 11) is -2.39. The Hall–Kier alpha value is -1.57. The maximum atomic E-state index is 7.52. The van der Waals surface area contributed by atoms with E-state index in [9.17, 15) is 0 Å². The van der Waals surface area contributed by atoms with E-state index in [0.717, 1.165) is 0 Å². The van der Waals surface area contributed by atoms with Gasteiger partial charge in [0, 0.05) is 5.54 Å². The summed E-state index contributed by atoms with van der Waals surface area (Å²) in [5.74, 6) is 0. The van der Waals surface area contributed by atoms with Crippen LogP contribution in [0.1, 0.15) is 20.8 Å². The third kappa shape index (κ3) is 2.39. The number of hydrogen-bond acceptors (Lipinski definition) is 0. The van der Waals surface area contributed by atoms with Crippen LogP contribution in [-0.4, -0.2) is 7.38 Å². The number of allylic oxidation sites excluding steroid dienone is 4. The molecule has 0 aliphatic heterocycles. The van der Waals surface area contributed by atoms with Gasteiger partial charge in [0.1, 0.15) is 0 Å². The third-order valence-corrected chi connectivity index (χ3v) is 10.7. The molecule has 1 atom stereocenters. The molecule has 0 bridgehead atoms. The molecular weight excluding hydrogens is 304 g/mol. The van der Waals surface area contributed by atoms with E-state index in [1.807, 2.05) is 0 Å². The Morgan fingerprint density at radius 1 is 0.773 bits per heavy atom. The van der Waals surface area contributed by atoms with Crippen LogP contribution in [0.5, 0.6) is 0 Å². The van der Waals surface area contributed by atoms with Crippen LogP contribution >= 0.6 is 11.1 Å². The molecule has 2 heteroatoms. The molecule has 3 rings (SSSR count). The first-order valence-electron chi connectivity index (χ1n) is 7.70. The summed E-state index contributed by atoms with van der Waals surface area (Å²) >= 11 is 7.52. The number of hydrogen-bond donors (Lipinski definition) is 0. The van der Waals surface area contributed by atoms with Gasteiger partial charge >= 0.3 is 0 Å². The van der Waals surface area contributed by atoms with Crippen molar-refractivity contribution < 1.29 is 0 Å². The average molecular weight is 325 g/mol. The zero-order valence-electron chi connectivity index (χ0n) is 13.3. The lowest BCUT2D eigenvalue weighted by molar-refractivity contribution is 1.10. The van der Waals surface area contributed by atoms with Gasteiger partial charge in [0.05, 0.1) is 0 Å². The smallest absolute Gasteiger partial charge is 0.154 e. The summed E-state index contributed by atoms with van der Waals surface area (Å²) in [5.41, 5.74) is 4.52. The van der Waals surface area contributed by atoms with Crippen LogP contribution in [0.3, 0.4) is 0 Å². The van der Waals surface area contributed by atoms with Gasteiger partial charge in [-0.15, -0.1) is 0 Å². The van der Waals surface area contributed by atoms with Crippen molar-refractivity contribution in [1.29, 1.82) is 0 Å². The first kappa shape index (κ1) is 15.3. The number of rotatable bonds is 3. The van der Waals surface area contributed by atoms with Gasteiger partial charge in [-0.05, 0) is 31.1 Å². The summed E-state index contributed by atoms with van der Waals surface area (Å²) in [6.45, 7) is 6.66. The molecule has 112 valence electrons. The topological polar surface area (TPSA) is 0 Å². The lowest BCUT2D eigenvalue weighted by atomic mass is 10.1. The highest BCUT2D eigenvalue weighted by Gasteiger charge is 2.46. The molecule has 2 aromatic rings. The van der Waals surface area contributed by atoms with Crippen molar-refractivity contribution in [3.63, 3.8) is 0 Å². The molecule has 0 amide bonds. The molecule has 0 saturated heterocycles. The largest absolute Gasteiger partial charge is 0.228 e. The van der Waals surface area contributed by atoms with Gasteiger partial charge in [-0.2, -0.15) is 11.1 Å². The van der Waals surface area contributed by atoms with Gasteiger partial charge in [-0.3, -0.25) is 0 Å². The predicted molar refractivity (Wildman–Crippen MR) is 99.6 cm³/mol. The van der Waals surface area contributed by atoms with Gasteiger partial charge in [-0.25, -0.2) is 0 Å². The van der Waals surface area contributed by atoms with Crippen LogP contribution < -0.4 is 10.4 Å². The van der Waals surface area contributed by atoms with E-state index >= 15 is 0 Å². The van der Waals surface area contributed by atoms with E-state index in [0.29, 0.717) is 5.54 Å². The second kappa shape index (κ2) is 5.90.